The van der Waals surface area contributed by atoms with Crippen LogP contribution in [0.3, 0.4) is 0 Å². The van der Waals surface area contributed by atoms with Gasteiger partial charge in [0.2, 0.25) is 17.8 Å². The molecule has 0 saturated heterocycles. The van der Waals surface area contributed by atoms with E-state index in [-0.39, 0.29) is 35.0 Å². The number of rotatable bonds is 18. The van der Waals surface area contributed by atoms with E-state index >= 15 is 0 Å². The summed E-state index contributed by atoms with van der Waals surface area (Å²) in [5.74, 6) is 0.873. The molecule has 43 heavy (non-hydrogen) atoms. The Hall–Kier alpha value is -4.23. The summed E-state index contributed by atoms with van der Waals surface area (Å²) in [7, 11) is -4.49. The van der Waals surface area contributed by atoms with E-state index in [0.29, 0.717) is 43.2 Å². The van der Waals surface area contributed by atoms with Crippen molar-refractivity contribution in [1.29, 1.82) is 0 Å². The third kappa shape index (κ3) is 9.38. The molecule has 0 aliphatic rings. The number of fused-ring (bicyclic) bond motifs is 1. The molecule has 9 N–H and O–H groups in total. The summed E-state index contributed by atoms with van der Waals surface area (Å²) < 4.78 is 35.2. The first-order valence-corrected chi connectivity index (χ1v) is 15.2. The Morgan fingerprint density at radius 3 is 2.35 bits per heavy atom. The zero-order valence-corrected chi connectivity index (χ0v) is 24.2. The van der Waals surface area contributed by atoms with Crippen LogP contribution in [0.4, 0.5) is 29.4 Å². The van der Waals surface area contributed by atoms with Gasteiger partial charge in [0.05, 0.1) is 24.7 Å². The summed E-state index contributed by atoms with van der Waals surface area (Å²) in [6.07, 6.45) is 5.96. The molecule has 17 nitrogen and oxygen atoms in total. The maximum absolute atomic E-state index is 11.9. The van der Waals surface area contributed by atoms with Gasteiger partial charge in [-0.15, -0.1) is 0 Å². The summed E-state index contributed by atoms with van der Waals surface area (Å²) in [5.41, 5.74) is 7.08. The van der Waals surface area contributed by atoms with Crippen LogP contribution in [0.25, 0.3) is 11.2 Å². The molecule has 0 spiro atoms. The lowest BCUT2D eigenvalue weighted by atomic mass is 10.2. The van der Waals surface area contributed by atoms with E-state index in [4.69, 9.17) is 10.8 Å². The van der Waals surface area contributed by atoms with E-state index in [1.165, 1.54) is 24.5 Å². The number of unbranched alkanes of at least 4 members (excludes halogenated alkanes) is 3. The lowest BCUT2D eigenvalue weighted by molar-refractivity contribution is 0.0945. The van der Waals surface area contributed by atoms with Crippen LogP contribution in [0.5, 0.6) is 0 Å². The van der Waals surface area contributed by atoms with E-state index in [2.05, 4.69) is 51.2 Å². The minimum absolute atomic E-state index is 0.0702. The summed E-state index contributed by atoms with van der Waals surface area (Å²) in [6, 6.07) is 5.87. The molecule has 3 aromatic heterocycles. The number of hydrogen-bond acceptors (Lipinski definition) is 15. The van der Waals surface area contributed by atoms with Crippen molar-refractivity contribution in [3.8, 4) is 0 Å². The first kappa shape index (κ1) is 31.7. The summed E-state index contributed by atoms with van der Waals surface area (Å²) in [4.78, 5) is 25.3. The number of nitrogens with zero attached hydrogens (tertiary/aromatic N) is 7. The summed E-state index contributed by atoms with van der Waals surface area (Å²) in [5, 5.41) is 30.5. The maximum Gasteiger partial charge on any atom is 0.296 e. The van der Waals surface area contributed by atoms with Gasteiger partial charge in [0, 0.05) is 26.2 Å². The molecule has 3 heterocycles. The minimum Gasteiger partial charge on any atom is -0.394 e. The molecule has 0 radical (unpaired) electrons. The number of aliphatic hydroxyl groups is 2. The molecule has 0 aliphatic heterocycles. The van der Waals surface area contributed by atoms with E-state index < -0.39 is 16.2 Å². The van der Waals surface area contributed by atoms with E-state index in [1.54, 1.807) is 12.4 Å². The third-order valence-electron chi connectivity index (χ3n) is 6.27. The number of anilines is 5. The zero-order chi connectivity index (χ0) is 30.7. The second-order valence-corrected chi connectivity index (χ2v) is 11.0. The molecule has 18 heteroatoms. The quantitative estimate of drug-likeness (QED) is 0.0563. The molecule has 0 fully saturated rings. The molecule has 4 rings (SSSR count). The minimum atomic E-state index is -4.49. The average Bonchev–Trinajstić information content (AvgIpc) is 3.40. The fourth-order valence-corrected chi connectivity index (χ4v) is 4.77. The van der Waals surface area contributed by atoms with Crippen molar-refractivity contribution in [3.05, 3.63) is 36.9 Å². The Kier molecular flexibility index (Phi) is 11.3. The Morgan fingerprint density at radius 2 is 1.60 bits per heavy atom. The third-order valence-corrected chi connectivity index (χ3v) is 7.18. The van der Waals surface area contributed by atoms with Crippen LogP contribution < -0.4 is 27.0 Å². The van der Waals surface area contributed by atoms with Gasteiger partial charge in [-0.05, 0) is 31.5 Å². The van der Waals surface area contributed by atoms with Crippen molar-refractivity contribution in [2.45, 2.75) is 43.2 Å². The number of nitrogens with one attached hydrogen (secondary N) is 4. The van der Waals surface area contributed by atoms with Crippen LogP contribution in [-0.4, -0.2) is 96.5 Å². The fourth-order valence-electron chi connectivity index (χ4n) is 4.12. The Labute approximate surface area is 248 Å². The van der Waals surface area contributed by atoms with Gasteiger partial charge in [-0.2, -0.15) is 23.4 Å². The molecule has 232 valence electrons. The van der Waals surface area contributed by atoms with Crippen molar-refractivity contribution < 1.29 is 23.2 Å². The number of imidazole rings is 1. The van der Waals surface area contributed by atoms with E-state index in [1.807, 2.05) is 4.57 Å². The van der Waals surface area contributed by atoms with Gasteiger partial charge in [-0.25, -0.2) is 15.0 Å². The molecule has 0 aliphatic carbocycles. The Bertz CT molecular complexity index is 1590. The second kappa shape index (κ2) is 15.3. The van der Waals surface area contributed by atoms with Crippen LogP contribution in [0.15, 0.2) is 41.8 Å². The number of benzene rings is 1. The lowest BCUT2D eigenvalue weighted by Gasteiger charge is -2.13. The SMILES string of the molecule is Nc1ncnc2c1ncn2CCNc1nc(NCCCCCCNCC(O)CO)nc(Nc2ccccc2S(=O)(=O)O)n1. The fraction of sp³-hybridized carbons (Fsp3) is 0.440. The molecule has 4 aromatic rings. The molecular formula is C25H36N12O5S. The molecule has 0 saturated carbocycles. The normalized spacial score (nSPS) is 12.3. The van der Waals surface area contributed by atoms with Gasteiger partial charge in [0.15, 0.2) is 11.5 Å². The topological polar surface area (TPSA) is 251 Å². The van der Waals surface area contributed by atoms with Gasteiger partial charge >= 0.3 is 0 Å². The van der Waals surface area contributed by atoms with Crippen molar-refractivity contribution in [3.63, 3.8) is 0 Å². The number of nitrogen functional groups attached to an aromatic ring is 1. The summed E-state index contributed by atoms with van der Waals surface area (Å²) >= 11 is 0. The zero-order valence-electron chi connectivity index (χ0n) is 23.4. The van der Waals surface area contributed by atoms with Crippen LogP contribution in [-0.2, 0) is 16.7 Å². The molecular weight excluding hydrogens is 580 g/mol. The number of para-hydroxylation sites is 1. The lowest BCUT2D eigenvalue weighted by Crippen LogP contribution is -2.29. The van der Waals surface area contributed by atoms with Crippen molar-refractivity contribution in [2.75, 3.05) is 54.5 Å². The maximum atomic E-state index is 11.9. The highest BCUT2D eigenvalue weighted by atomic mass is 32.2. The largest absolute Gasteiger partial charge is 0.394 e. The number of aliphatic hydroxyl groups excluding tert-OH is 2. The predicted octanol–water partition coefficient (Wildman–Crippen LogP) is 0.611. The summed E-state index contributed by atoms with van der Waals surface area (Å²) in [6.45, 7) is 2.29. The van der Waals surface area contributed by atoms with Crippen LogP contribution in [0.1, 0.15) is 25.7 Å². The molecule has 0 bridgehead atoms. The van der Waals surface area contributed by atoms with Crippen molar-refractivity contribution >= 4 is 50.6 Å². The molecule has 1 atom stereocenters. The Morgan fingerprint density at radius 1 is 0.907 bits per heavy atom. The van der Waals surface area contributed by atoms with Gasteiger partial charge in [0.1, 0.15) is 16.7 Å². The van der Waals surface area contributed by atoms with Crippen molar-refractivity contribution in [2.24, 2.45) is 0 Å². The van der Waals surface area contributed by atoms with Gasteiger partial charge in [-0.1, -0.05) is 25.0 Å². The van der Waals surface area contributed by atoms with Crippen molar-refractivity contribution in [1.82, 2.24) is 39.8 Å². The first-order chi connectivity index (χ1) is 20.7. The second-order valence-electron chi connectivity index (χ2n) is 9.58. The van der Waals surface area contributed by atoms with Gasteiger partial charge in [0.25, 0.3) is 10.1 Å². The molecule has 1 aromatic carbocycles. The van der Waals surface area contributed by atoms with Crippen LogP contribution >= 0.6 is 0 Å². The smallest absolute Gasteiger partial charge is 0.296 e. The standard InChI is InChI=1S/C25H36N12O5S/c26-21-20-22(31-15-30-21)37(16-32-20)12-11-29-24-34-23(28-10-6-2-1-5-9-27-13-17(39)14-38)35-25(36-24)33-18-7-3-4-8-19(18)43(40,41)42/h3-4,7-8,15-17,27,38-39H,1-2,5-6,9-14H2,(H2,26,30,31)(H,40,41,42)(H3,28,29,33,34,35,36). The highest BCUT2D eigenvalue weighted by Crippen LogP contribution is 2.24. The average molecular weight is 617 g/mol. The first-order valence-electron chi connectivity index (χ1n) is 13.7. The predicted molar refractivity (Wildman–Crippen MR) is 161 cm³/mol. The number of hydrogen-bond donors (Lipinski definition) is 8. The van der Waals surface area contributed by atoms with Gasteiger partial charge < -0.3 is 41.8 Å². The number of nitrogens with two attached hydrogens (primary N) is 1. The van der Waals surface area contributed by atoms with Gasteiger partial charge in [-0.3, -0.25) is 4.55 Å². The molecule has 0 amide bonds. The van der Waals surface area contributed by atoms with Crippen LogP contribution in [0, 0.1) is 0 Å². The number of aromatic nitrogens is 7. The van der Waals surface area contributed by atoms with Crippen LogP contribution in [0.2, 0.25) is 0 Å². The van der Waals surface area contributed by atoms with E-state index in [0.717, 1.165) is 32.2 Å². The Balaban J connectivity index is 1.38. The highest BCUT2D eigenvalue weighted by Gasteiger charge is 2.17. The monoisotopic (exact) mass is 616 g/mol. The van der Waals surface area contributed by atoms with E-state index in [9.17, 15) is 18.1 Å². The highest BCUT2D eigenvalue weighted by molar-refractivity contribution is 7.86. The molecule has 1 unspecified atom stereocenters.